The van der Waals surface area contributed by atoms with Gasteiger partial charge in [-0.25, -0.2) is 9.97 Å². The van der Waals surface area contributed by atoms with E-state index in [0.29, 0.717) is 12.2 Å². The predicted molar refractivity (Wildman–Crippen MR) is 88.9 cm³/mol. The van der Waals surface area contributed by atoms with Gasteiger partial charge in [-0.3, -0.25) is 9.48 Å². The fourth-order valence-electron chi connectivity index (χ4n) is 2.94. The molecule has 24 heavy (non-hydrogen) atoms. The minimum absolute atomic E-state index is 0.124. The van der Waals surface area contributed by atoms with E-state index in [1.165, 1.54) is 6.33 Å². The maximum Gasteiger partial charge on any atom is 0.271 e. The molecule has 3 heterocycles. The molecule has 1 amide bonds. The third-order valence-corrected chi connectivity index (χ3v) is 4.41. The molecule has 2 atom stereocenters. The molecule has 1 aliphatic rings. The molecule has 0 bridgehead atoms. The van der Waals surface area contributed by atoms with E-state index in [1.54, 1.807) is 24.1 Å². The number of anilines is 1. The van der Waals surface area contributed by atoms with Crippen LogP contribution in [0.1, 0.15) is 22.6 Å². The van der Waals surface area contributed by atoms with Crippen molar-refractivity contribution in [3.05, 3.63) is 36.0 Å². The third kappa shape index (κ3) is 3.38. The molecule has 0 spiro atoms. The predicted octanol–water partition coefficient (Wildman–Crippen LogP) is 0.542. The zero-order valence-electron chi connectivity index (χ0n) is 14.1. The minimum Gasteiger partial charge on any atom is -0.380 e. The fourth-order valence-corrected chi connectivity index (χ4v) is 2.94. The molecule has 0 radical (unpaired) electrons. The number of methoxy groups -OCH3 is 1. The van der Waals surface area contributed by atoms with Gasteiger partial charge in [-0.1, -0.05) is 0 Å². The van der Waals surface area contributed by atoms with Crippen LogP contribution in [0, 0.1) is 6.92 Å². The van der Waals surface area contributed by atoms with Gasteiger partial charge < -0.3 is 15.0 Å². The minimum atomic E-state index is -0.165. The smallest absolute Gasteiger partial charge is 0.271 e. The molecule has 0 aliphatic carbocycles. The lowest BCUT2D eigenvalue weighted by Crippen LogP contribution is -2.40. The van der Waals surface area contributed by atoms with Crippen LogP contribution in [0.25, 0.3) is 0 Å². The number of carbonyl (C=O) groups is 1. The first kappa shape index (κ1) is 16.4. The first-order valence-corrected chi connectivity index (χ1v) is 7.92. The van der Waals surface area contributed by atoms with E-state index in [4.69, 9.17) is 4.74 Å². The Hall–Kier alpha value is -2.48. The summed E-state index contributed by atoms with van der Waals surface area (Å²) in [6.45, 7) is 3.18. The molecule has 1 N–H and O–H groups in total. The molecule has 8 heteroatoms. The lowest BCUT2D eigenvalue weighted by molar-refractivity contribution is 0.0940. The summed E-state index contributed by atoms with van der Waals surface area (Å²) in [7, 11) is 3.53. The summed E-state index contributed by atoms with van der Waals surface area (Å²) in [6, 6.07) is 3.78. The van der Waals surface area contributed by atoms with Crippen LogP contribution >= 0.6 is 0 Å². The van der Waals surface area contributed by atoms with Crippen LogP contribution < -0.4 is 10.2 Å². The number of nitrogens with zero attached hydrogens (tertiary/aromatic N) is 5. The van der Waals surface area contributed by atoms with Gasteiger partial charge in [0.05, 0.1) is 12.1 Å². The summed E-state index contributed by atoms with van der Waals surface area (Å²) < 4.78 is 7.18. The summed E-state index contributed by atoms with van der Waals surface area (Å²) >= 11 is 0. The van der Waals surface area contributed by atoms with Crippen LogP contribution in [0.3, 0.4) is 0 Å². The van der Waals surface area contributed by atoms with E-state index in [9.17, 15) is 4.79 Å². The number of rotatable bonds is 5. The van der Waals surface area contributed by atoms with Crippen LogP contribution in [0.2, 0.25) is 0 Å². The lowest BCUT2D eigenvalue weighted by Gasteiger charge is -2.25. The third-order valence-electron chi connectivity index (χ3n) is 4.41. The van der Waals surface area contributed by atoms with Gasteiger partial charge in [0.1, 0.15) is 17.8 Å². The van der Waals surface area contributed by atoms with Gasteiger partial charge >= 0.3 is 0 Å². The van der Waals surface area contributed by atoms with Crippen molar-refractivity contribution in [2.75, 3.05) is 25.1 Å². The maximum absolute atomic E-state index is 12.3. The van der Waals surface area contributed by atoms with Crippen molar-refractivity contribution in [1.82, 2.24) is 25.1 Å². The molecular weight excluding hydrogens is 308 g/mol. The monoisotopic (exact) mass is 330 g/mol. The number of ether oxygens (including phenoxy) is 1. The normalized spacial score (nSPS) is 20.4. The molecule has 1 fully saturated rings. The second kappa shape index (κ2) is 6.96. The number of amides is 1. The molecule has 0 saturated carbocycles. The summed E-state index contributed by atoms with van der Waals surface area (Å²) in [6.07, 6.45) is 4.21. The van der Waals surface area contributed by atoms with Gasteiger partial charge in [0.15, 0.2) is 0 Å². The zero-order chi connectivity index (χ0) is 17.1. The number of aromatic nitrogens is 4. The molecule has 0 unspecified atom stereocenters. The SMILES string of the molecule is CO[C@@H]1C[C@H](CNC(=O)c2cc(C)n(C)n2)N(c2ccncn2)C1. The first-order chi connectivity index (χ1) is 11.6. The molecular formula is C16H22N6O2. The topological polar surface area (TPSA) is 85.2 Å². The highest BCUT2D eigenvalue weighted by molar-refractivity contribution is 5.92. The second-order valence-corrected chi connectivity index (χ2v) is 5.97. The highest BCUT2D eigenvalue weighted by Gasteiger charge is 2.33. The molecule has 0 aromatic carbocycles. The van der Waals surface area contributed by atoms with Crippen molar-refractivity contribution >= 4 is 11.7 Å². The standard InChI is InChI=1S/C16H22N6O2/c1-11-6-14(20-21(11)2)16(23)18-8-12-7-13(24-3)9-22(12)15-4-5-17-10-19-15/h4-6,10,12-13H,7-9H2,1-3H3,(H,18,23)/t12-,13-/m1/s1. The van der Waals surface area contributed by atoms with Crippen molar-refractivity contribution in [3.63, 3.8) is 0 Å². The Balaban J connectivity index is 1.67. The van der Waals surface area contributed by atoms with E-state index < -0.39 is 0 Å². The van der Waals surface area contributed by atoms with E-state index in [1.807, 2.05) is 20.0 Å². The van der Waals surface area contributed by atoms with Crippen LogP contribution in [-0.2, 0) is 11.8 Å². The Bertz CT molecular complexity index is 682. The molecule has 8 nitrogen and oxygen atoms in total. The van der Waals surface area contributed by atoms with E-state index >= 15 is 0 Å². The van der Waals surface area contributed by atoms with Gasteiger partial charge in [-0.2, -0.15) is 5.10 Å². The average Bonchev–Trinajstić information content (AvgIpc) is 3.17. The van der Waals surface area contributed by atoms with E-state index in [0.717, 1.165) is 24.5 Å². The molecule has 2 aromatic heterocycles. The molecule has 2 aromatic rings. The number of hydrogen-bond acceptors (Lipinski definition) is 6. The summed E-state index contributed by atoms with van der Waals surface area (Å²) in [5.74, 6) is 0.680. The number of aryl methyl sites for hydroxylation is 2. The van der Waals surface area contributed by atoms with Crippen molar-refractivity contribution in [3.8, 4) is 0 Å². The van der Waals surface area contributed by atoms with Gasteiger partial charge in [-0.05, 0) is 25.5 Å². The summed E-state index contributed by atoms with van der Waals surface area (Å²) in [5.41, 5.74) is 1.38. The first-order valence-electron chi connectivity index (χ1n) is 7.92. The molecule has 1 saturated heterocycles. The number of nitrogens with one attached hydrogen (secondary N) is 1. The molecule has 128 valence electrons. The van der Waals surface area contributed by atoms with Crippen LogP contribution in [0.15, 0.2) is 24.7 Å². The highest BCUT2D eigenvalue weighted by atomic mass is 16.5. The van der Waals surface area contributed by atoms with Gasteiger partial charge in [-0.15, -0.1) is 0 Å². The summed E-state index contributed by atoms with van der Waals surface area (Å²) in [5, 5.41) is 7.18. The van der Waals surface area contributed by atoms with Crippen molar-refractivity contribution < 1.29 is 9.53 Å². The van der Waals surface area contributed by atoms with Gasteiger partial charge in [0, 0.05) is 39.1 Å². The lowest BCUT2D eigenvalue weighted by atomic mass is 10.2. The average molecular weight is 330 g/mol. The number of carbonyl (C=O) groups excluding carboxylic acids is 1. The quantitative estimate of drug-likeness (QED) is 0.861. The number of hydrogen-bond donors (Lipinski definition) is 1. The second-order valence-electron chi connectivity index (χ2n) is 5.97. The highest BCUT2D eigenvalue weighted by Crippen LogP contribution is 2.24. The van der Waals surface area contributed by atoms with Crippen molar-refractivity contribution in [2.45, 2.75) is 25.5 Å². The van der Waals surface area contributed by atoms with Crippen molar-refractivity contribution in [2.24, 2.45) is 7.05 Å². The largest absolute Gasteiger partial charge is 0.380 e. The summed E-state index contributed by atoms with van der Waals surface area (Å²) in [4.78, 5) is 22.7. The zero-order valence-corrected chi connectivity index (χ0v) is 14.1. The Labute approximate surface area is 140 Å². The van der Waals surface area contributed by atoms with Crippen LogP contribution in [0.4, 0.5) is 5.82 Å². The van der Waals surface area contributed by atoms with Crippen LogP contribution in [-0.4, -0.2) is 58.0 Å². The Morgan fingerprint density at radius 2 is 2.33 bits per heavy atom. The fraction of sp³-hybridized carbons (Fsp3) is 0.500. The van der Waals surface area contributed by atoms with E-state index in [2.05, 4.69) is 25.3 Å². The van der Waals surface area contributed by atoms with Gasteiger partial charge in [0.2, 0.25) is 0 Å². The van der Waals surface area contributed by atoms with Crippen molar-refractivity contribution in [1.29, 1.82) is 0 Å². The van der Waals surface area contributed by atoms with Gasteiger partial charge in [0.25, 0.3) is 5.91 Å². The Morgan fingerprint density at radius 3 is 2.96 bits per heavy atom. The Kier molecular flexibility index (Phi) is 4.75. The maximum atomic E-state index is 12.3. The van der Waals surface area contributed by atoms with Crippen LogP contribution in [0.5, 0.6) is 0 Å². The molecule has 1 aliphatic heterocycles. The van der Waals surface area contributed by atoms with E-state index in [-0.39, 0.29) is 18.1 Å². The molecule has 3 rings (SSSR count). The Morgan fingerprint density at radius 1 is 1.50 bits per heavy atom.